The van der Waals surface area contributed by atoms with Crippen molar-refractivity contribution in [1.82, 2.24) is 19.7 Å². The van der Waals surface area contributed by atoms with Gasteiger partial charge in [-0.25, -0.2) is 9.48 Å². The average molecular weight is 328 g/mol. The number of benzene rings is 1. The number of hydrogen-bond donors (Lipinski definition) is 1. The van der Waals surface area contributed by atoms with Crippen molar-refractivity contribution in [2.24, 2.45) is 7.05 Å². The normalized spacial score (nSPS) is 17.4. The highest BCUT2D eigenvalue weighted by molar-refractivity contribution is 5.94. The Balaban J connectivity index is 1.68. The van der Waals surface area contributed by atoms with Crippen LogP contribution in [-0.2, 0) is 20.0 Å². The first-order chi connectivity index (χ1) is 11.5. The van der Waals surface area contributed by atoms with Gasteiger partial charge in [0, 0.05) is 31.6 Å². The second-order valence-electron chi connectivity index (χ2n) is 6.75. The largest absolute Gasteiger partial charge is 0.349 e. The molecular formula is C18H24N4O2. The van der Waals surface area contributed by atoms with E-state index in [0.717, 1.165) is 24.2 Å². The maximum atomic E-state index is 12.5. The fraction of sp³-hybridized carbons (Fsp3) is 0.500. The van der Waals surface area contributed by atoms with Crippen LogP contribution < -0.4 is 11.0 Å². The minimum Gasteiger partial charge on any atom is -0.349 e. The van der Waals surface area contributed by atoms with E-state index in [4.69, 9.17) is 0 Å². The maximum Gasteiger partial charge on any atom is 0.345 e. The summed E-state index contributed by atoms with van der Waals surface area (Å²) in [6.45, 7) is 4.83. The van der Waals surface area contributed by atoms with Crippen molar-refractivity contribution < 1.29 is 4.79 Å². The number of amides is 1. The quantitative estimate of drug-likeness (QED) is 0.935. The van der Waals surface area contributed by atoms with Crippen LogP contribution in [-0.4, -0.2) is 26.3 Å². The average Bonchev–Trinajstić information content (AvgIpc) is 2.72. The van der Waals surface area contributed by atoms with Gasteiger partial charge < -0.3 is 5.32 Å². The molecule has 1 aliphatic heterocycles. The Kier molecular flexibility index (Phi) is 4.55. The van der Waals surface area contributed by atoms with Crippen LogP contribution in [0.4, 0.5) is 0 Å². The van der Waals surface area contributed by atoms with Gasteiger partial charge in [-0.05, 0) is 36.5 Å². The number of hydrogen-bond acceptors (Lipinski definition) is 3. The Morgan fingerprint density at radius 3 is 2.88 bits per heavy atom. The zero-order chi connectivity index (χ0) is 17.3. The molecule has 1 amide bonds. The molecule has 1 N–H and O–H groups in total. The molecule has 0 saturated carbocycles. The molecule has 2 heterocycles. The van der Waals surface area contributed by atoms with Gasteiger partial charge in [0.15, 0.2) is 0 Å². The van der Waals surface area contributed by atoms with Crippen LogP contribution in [0.3, 0.4) is 0 Å². The third-order valence-corrected chi connectivity index (χ3v) is 4.65. The van der Waals surface area contributed by atoms with E-state index in [2.05, 4.69) is 24.3 Å². The third-order valence-electron chi connectivity index (χ3n) is 4.65. The van der Waals surface area contributed by atoms with Crippen molar-refractivity contribution in [1.29, 1.82) is 0 Å². The molecule has 0 fully saturated rings. The van der Waals surface area contributed by atoms with Crippen LogP contribution in [0.2, 0.25) is 0 Å². The van der Waals surface area contributed by atoms with Crippen LogP contribution in [0.5, 0.6) is 0 Å². The lowest BCUT2D eigenvalue weighted by molar-refractivity contribution is 0.0932. The first-order valence-electron chi connectivity index (χ1n) is 8.49. The molecule has 0 radical (unpaired) electrons. The molecule has 0 spiro atoms. The molecule has 128 valence electrons. The van der Waals surface area contributed by atoms with Gasteiger partial charge in [-0.1, -0.05) is 26.0 Å². The number of aromatic nitrogens is 3. The fourth-order valence-electron chi connectivity index (χ4n) is 3.15. The van der Waals surface area contributed by atoms with Crippen LogP contribution >= 0.6 is 0 Å². The smallest absolute Gasteiger partial charge is 0.345 e. The molecule has 1 aliphatic rings. The predicted octanol–water partition coefficient (Wildman–Crippen LogP) is 1.84. The molecule has 1 unspecified atom stereocenters. The summed E-state index contributed by atoms with van der Waals surface area (Å²) in [4.78, 5) is 24.5. The summed E-state index contributed by atoms with van der Waals surface area (Å²) in [5.74, 6) is 1.15. The lowest BCUT2D eigenvalue weighted by Crippen LogP contribution is -2.35. The van der Waals surface area contributed by atoms with E-state index in [-0.39, 0.29) is 17.6 Å². The Hall–Kier alpha value is -2.37. The monoisotopic (exact) mass is 328 g/mol. The zero-order valence-corrected chi connectivity index (χ0v) is 14.5. The summed E-state index contributed by atoms with van der Waals surface area (Å²) in [6.07, 6.45) is 2.24. The Morgan fingerprint density at radius 2 is 2.12 bits per heavy atom. The van der Waals surface area contributed by atoms with Crippen LogP contribution in [0.15, 0.2) is 29.1 Å². The summed E-state index contributed by atoms with van der Waals surface area (Å²) in [5.41, 5.74) is 1.77. The highest BCUT2D eigenvalue weighted by Crippen LogP contribution is 2.17. The van der Waals surface area contributed by atoms with E-state index in [1.54, 1.807) is 11.6 Å². The van der Waals surface area contributed by atoms with E-state index in [9.17, 15) is 9.59 Å². The number of nitrogens with one attached hydrogen (secondary N) is 1. The predicted molar refractivity (Wildman–Crippen MR) is 92.2 cm³/mol. The van der Waals surface area contributed by atoms with Crippen molar-refractivity contribution in [3.8, 4) is 0 Å². The van der Waals surface area contributed by atoms with E-state index in [0.29, 0.717) is 24.4 Å². The molecule has 0 aliphatic carbocycles. The fourth-order valence-corrected chi connectivity index (χ4v) is 3.15. The molecule has 2 aromatic rings. The molecule has 24 heavy (non-hydrogen) atoms. The highest BCUT2D eigenvalue weighted by Gasteiger charge is 2.21. The number of carbonyl (C=O) groups excluding carboxylic acids is 1. The second-order valence-corrected chi connectivity index (χ2v) is 6.75. The Morgan fingerprint density at radius 1 is 1.33 bits per heavy atom. The van der Waals surface area contributed by atoms with Gasteiger partial charge in [0.2, 0.25) is 0 Å². The molecule has 6 heteroatoms. The molecule has 1 atom stereocenters. The highest BCUT2D eigenvalue weighted by atomic mass is 16.2. The molecule has 1 aromatic heterocycles. The molecular weight excluding hydrogens is 304 g/mol. The zero-order valence-electron chi connectivity index (χ0n) is 14.5. The maximum absolute atomic E-state index is 12.5. The first-order valence-corrected chi connectivity index (χ1v) is 8.49. The molecule has 3 rings (SSSR count). The van der Waals surface area contributed by atoms with Gasteiger partial charge in [0.25, 0.3) is 5.91 Å². The molecule has 0 bridgehead atoms. The standard InChI is InChI=1S/C18H24N4O2/c1-12(2)13-5-4-6-14(11-13)17(23)19-15-7-8-16-20-21(3)18(24)22(16)10-9-15/h4-6,11-12,15H,7-10H2,1-3H3,(H,19,23). The van der Waals surface area contributed by atoms with Crippen LogP contribution in [0.1, 0.15) is 54.4 Å². The summed E-state index contributed by atoms with van der Waals surface area (Å²) in [5, 5.41) is 7.38. The van der Waals surface area contributed by atoms with E-state index in [1.165, 1.54) is 4.68 Å². The second kappa shape index (κ2) is 6.63. The summed E-state index contributed by atoms with van der Waals surface area (Å²) >= 11 is 0. The van der Waals surface area contributed by atoms with Gasteiger partial charge in [0.05, 0.1) is 0 Å². The molecule has 0 saturated heterocycles. The topological polar surface area (TPSA) is 68.9 Å². The van der Waals surface area contributed by atoms with Gasteiger partial charge in [0.1, 0.15) is 5.82 Å². The summed E-state index contributed by atoms with van der Waals surface area (Å²) < 4.78 is 3.09. The van der Waals surface area contributed by atoms with E-state index in [1.807, 2.05) is 24.3 Å². The lowest BCUT2D eigenvalue weighted by atomic mass is 10.0. The SMILES string of the molecule is CC(C)c1cccc(C(=O)NC2CCc3nn(C)c(=O)n3CC2)c1. The van der Waals surface area contributed by atoms with Gasteiger partial charge in [-0.3, -0.25) is 9.36 Å². The summed E-state index contributed by atoms with van der Waals surface area (Å²) in [6, 6.07) is 7.83. The lowest BCUT2D eigenvalue weighted by Gasteiger charge is -2.16. The summed E-state index contributed by atoms with van der Waals surface area (Å²) in [7, 11) is 1.67. The van der Waals surface area contributed by atoms with Crippen molar-refractivity contribution in [2.45, 2.75) is 51.6 Å². The number of rotatable bonds is 3. The minimum atomic E-state index is -0.0818. The van der Waals surface area contributed by atoms with E-state index < -0.39 is 0 Å². The number of fused-ring (bicyclic) bond motifs is 1. The van der Waals surface area contributed by atoms with Gasteiger partial charge >= 0.3 is 5.69 Å². The third kappa shape index (κ3) is 3.27. The van der Waals surface area contributed by atoms with Crippen molar-refractivity contribution in [3.63, 3.8) is 0 Å². The first kappa shape index (κ1) is 16.5. The Bertz CT molecular complexity index is 804. The number of nitrogens with zero attached hydrogens (tertiary/aromatic N) is 3. The van der Waals surface area contributed by atoms with Crippen molar-refractivity contribution in [2.75, 3.05) is 0 Å². The molecule has 6 nitrogen and oxygen atoms in total. The Labute approximate surface area is 141 Å². The van der Waals surface area contributed by atoms with E-state index >= 15 is 0 Å². The van der Waals surface area contributed by atoms with Crippen molar-refractivity contribution >= 4 is 5.91 Å². The van der Waals surface area contributed by atoms with Crippen molar-refractivity contribution in [3.05, 3.63) is 51.7 Å². The number of aryl methyl sites for hydroxylation is 2. The van der Waals surface area contributed by atoms with Gasteiger partial charge in [-0.15, -0.1) is 0 Å². The van der Waals surface area contributed by atoms with Crippen LogP contribution in [0, 0.1) is 0 Å². The van der Waals surface area contributed by atoms with Gasteiger partial charge in [-0.2, -0.15) is 5.10 Å². The van der Waals surface area contributed by atoms with Crippen LogP contribution in [0.25, 0.3) is 0 Å². The minimum absolute atomic E-state index is 0.0463. The number of carbonyl (C=O) groups is 1. The molecule has 1 aromatic carbocycles.